The Hall–Kier alpha value is -7.68. The number of rotatable bonds is 24. The minimum atomic E-state index is -0.574. The summed E-state index contributed by atoms with van der Waals surface area (Å²) in [6, 6.07) is 44.9. The number of likely N-dealkylation sites (N-methyl/N-ethyl adjacent to an activating group) is 2. The zero-order chi connectivity index (χ0) is 51.8. The molecular formula is C58H66N2O12. The topological polar surface area (TPSA) is 149 Å². The van der Waals surface area contributed by atoms with Crippen LogP contribution < -0.4 is 28.4 Å². The van der Waals surface area contributed by atoms with Crippen LogP contribution in [-0.4, -0.2) is 115 Å². The van der Waals surface area contributed by atoms with Gasteiger partial charge in [-0.05, 0) is 137 Å². The fraction of sp³-hybridized carbons (Fsp3) is 0.310. The van der Waals surface area contributed by atoms with E-state index in [1.807, 2.05) is 111 Å². The molecular weight excluding hydrogens is 917 g/mol. The zero-order valence-corrected chi connectivity index (χ0v) is 42.5. The second kappa shape index (κ2) is 28.9. The number of hydrogen-bond donors (Lipinski definition) is 0. The van der Waals surface area contributed by atoms with Gasteiger partial charge in [0.1, 0.15) is 71.0 Å². The van der Waals surface area contributed by atoms with Crippen LogP contribution in [0.3, 0.4) is 0 Å². The van der Waals surface area contributed by atoms with Crippen molar-refractivity contribution in [1.29, 1.82) is 0 Å². The number of para-hydroxylation sites is 4. The third-order valence-electron chi connectivity index (χ3n) is 10.9. The lowest BCUT2D eigenvalue weighted by molar-refractivity contribution is -0.132. The number of hydrogen-bond acceptors (Lipinski definition) is 14. The van der Waals surface area contributed by atoms with Crippen molar-refractivity contribution >= 4 is 23.9 Å². The van der Waals surface area contributed by atoms with Gasteiger partial charge in [-0.15, -0.1) is 0 Å². The van der Waals surface area contributed by atoms with Crippen LogP contribution in [0.2, 0.25) is 0 Å². The maximum absolute atomic E-state index is 12.9. The van der Waals surface area contributed by atoms with E-state index < -0.39 is 36.1 Å². The molecule has 0 saturated carbocycles. The highest BCUT2D eigenvalue weighted by atomic mass is 16.6. The Balaban J connectivity index is 0.000000267. The second-order valence-corrected chi connectivity index (χ2v) is 17.3. The molecule has 6 aromatic rings. The monoisotopic (exact) mass is 982 g/mol. The summed E-state index contributed by atoms with van der Waals surface area (Å²) in [6.45, 7) is 3.87. The fourth-order valence-corrected chi connectivity index (χ4v) is 7.46. The summed E-state index contributed by atoms with van der Waals surface area (Å²) in [6.07, 6.45) is 2.24. The van der Waals surface area contributed by atoms with Crippen LogP contribution in [0, 0.1) is 0 Å². The highest BCUT2D eigenvalue weighted by Crippen LogP contribution is 2.26. The summed E-state index contributed by atoms with van der Waals surface area (Å²) in [5.41, 5.74) is 4.94. The molecule has 0 unspecified atom stereocenters. The Morgan fingerprint density at radius 2 is 0.764 bits per heavy atom. The summed E-state index contributed by atoms with van der Waals surface area (Å²) >= 11 is 0. The van der Waals surface area contributed by atoms with Crippen molar-refractivity contribution in [3.05, 3.63) is 179 Å². The predicted octanol–water partition coefficient (Wildman–Crippen LogP) is 9.14. The molecule has 0 saturated heterocycles. The van der Waals surface area contributed by atoms with E-state index in [0.717, 1.165) is 59.8 Å². The van der Waals surface area contributed by atoms with Crippen molar-refractivity contribution in [2.24, 2.45) is 0 Å². The van der Waals surface area contributed by atoms with E-state index in [-0.39, 0.29) is 35.8 Å². The maximum Gasteiger partial charge on any atom is 0.342 e. The molecule has 0 aliphatic heterocycles. The number of benzene rings is 6. The second-order valence-electron chi connectivity index (χ2n) is 17.3. The summed E-state index contributed by atoms with van der Waals surface area (Å²) in [7, 11) is 10.9. The molecule has 72 heavy (non-hydrogen) atoms. The molecule has 6 rings (SSSR count). The summed E-state index contributed by atoms with van der Waals surface area (Å²) < 4.78 is 44.6. The van der Waals surface area contributed by atoms with Gasteiger partial charge < -0.3 is 47.7 Å². The van der Waals surface area contributed by atoms with E-state index in [0.29, 0.717) is 13.1 Å². The van der Waals surface area contributed by atoms with Gasteiger partial charge in [-0.25, -0.2) is 9.59 Å². The molecule has 2 atom stereocenters. The van der Waals surface area contributed by atoms with Crippen LogP contribution in [0.1, 0.15) is 56.8 Å². The Morgan fingerprint density at radius 1 is 0.431 bits per heavy atom. The zero-order valence-electron chi connectivity index (χ0n) is 42.5. The molecule has 0 fully saturated rings. The number of esters is 4. The quantitative estimate of drug-likeness (QED) is 0.0419. The minimum absolute atomic E-state index is 0.170. The number of methoxy groups -OCH3 is 2. The molecule has 0 amide bonds. The van der Waals surface area contributed by atoms with Gasteiger partial charge in [-0.2, -0.15) is 0 Å². The van der Waals surface area contributed by atoms with Crippen LogP contribution in [0.25, 0.3) is 0 Å². The van der Waals surface area contributed by atoms with E-state index in [4.69, 9.17) is 37.9 Å². The number of aryl methyl sites for hydroxylation is 4. The first kappa shape index (κ1) is 55.2. The number of ether oxygens (including phenoxy) is 8. The summed E-state index contributed by atoms with van der Waals surface area (Å²) in [5.74, 6) is 1.36. The average molecular weight is 983 g/mol. The normalized spacial score (nSPS) is 11.6. The van der Waals surface area contributed by atoms with Crippen molar-refractivity contribution in [3.63, 3.8) is 0 Å². The van der Waals surface area contributed by atoms with Gasteiger partial charge in [0.25, 0.3) is 0 Å². The molecule has 6 aromatic carbocycles. The van der Waals surface area contributed by atoms with Gasteiger partial charge in [0.2, 0.25) is 0 Å². The first-order chi connectivity index (χ1) is 34.7. The first-order valence-corrected chi connectivity index (χ1v) is 23.6. The molecule has 0 aromatic heterocycles. The van der Waals surface area contributed by atoms with Crippen molar-refractivity contribution in [2.75, 3.05) is 68.7 Å². The largest absolute Gasteiger partial charge is 0.497 e. The van der Waals surface area contributed by atoms with E-state index in [1.165, 1.54) is 25.0 Å². The highest BCUT2D eigenvalue weighted by molar-refractivity contribution is 5.94. The Labute approximate surface area is 423 Å². The third kappa shape index (κ3) is 18.6. The minimum Gasteiger partial charge on any atom is -0.497 e. The van der Waals surface area contributed by atoms with Gasteiger partial charge in [0, 0.05) is 26.9 Å². The van der Waals surface area contributed by atoms with E-state index in [9.17, 15) is 19.2 Å². The average Bonchev–Trinajstić information content (AvgIpc) is 3.36. The Kier molecular flexibility index (Phi) is 22.1. The summed E-state index contributed by atoms with van der Waals surface area (Å²) in [4.78, 5) is 52.5. The molecule has 0 aliphatic rings. The number of carbonyl (C=O) groups excluding carboxylic acids is 4. The van der Waals surface area contributed by atoms with Gasteiger partial charge in [-0.3, -0.25) is 9.59 Å². The van der Waals surface area contributed by atoms with Crippen LogP contribution in [-0.2, 0) is 44.7 Å². The van der Waals surface area contributed by atoms with Gasteiger partial charge in [0.15, 0.2) is 0 Å². The van der Waals surface area contributed by atoms with E-state index >= 15 is 0 Å². The van der Waals surface area contributed by atoms with E-state index in [1.54, 1.807) is 62.8 Å². The van der Waals surface area contributed by atoms with E-state index in [2.05, 4.69) is 24.3 Å². The standard InChI is InChI=1S/2C29H33NO6/c2*1-21(31)35-28-12-8-6-10-26(28)29(32)36-25(19-30(2)3)20-34-27-11-7-5-9-23(27)16-13-22-14-17-24(33-4)18-15-22/h2*5-12,14-15,17-18,25H,13,16,19-20H2,1-4H3/t2*25-/m00/s1. The molecule has 0 N–H and O–H groups in total. The van der Waals surface area contributed by atoms with Crippen LogP contribution in [0.15, 0.2) is 146 Å². The fourth-order valence-electron chi connectivity index (χ4n) is 7.46. The summed E-state index contributed by atoms with van der Waals surface area (Å²) in [5, 5.41) is 0. The van der Waals surface area contributed by atoms with Gasteiger partial charge >= 0.3 is 23.9 Å². The Bertz CT molecular complexity index is 2470. The molecule has 380 valence electrons. The van der Waals surface area contributed by atoms with Crippen molar-refractivity contribution in [3.8, 4) is 34.5 Å². The lowest BCUT2D eigenvalue weighted by atomic mass is 10.0. The van der Waals surface area contributed by atoms with Crippen molar-refractivity contribution < 1.29 is 57.1 Å². The van der Waals surface area contributed by atoms with Crippen LogP contribution in [0.4, 0.5) is 0 Å². The Morgan fingerprint density at radius 3 is 1.10 bits per heavy atom. The number of carbonyl (C=O) groups is 4. The third-order valence-corrected chi connectivity index (χ3v) is 10.9. The molecule has 0 heterocycles. The predicted molar refractivity (Wildman–Crippen MR) is 276 cm³/mol. The lowest BCUT2D eigenvalue weighted by Gasteiger charge is -2.23. The smallest absolute Gasteiger partial charge is 0.342 e. The van der Waals surface area contributed by atoms with Gasteiger partial charge in [-0.1, -0.05) is 84.9 Å². The van der Waals surface area contributed by atoms with Crippen molar-refractivity contribution in [2.45, 2.75) is 51.7 Å². The number of nitrogens with zero attached hydrogens (tertiary/aromatic N) is 2. The first-order valence-electron chi connectivity index (χ1n) is 23.6. The van der Waals surface area contributed by atoms with Crippen molar-refractivity contribution in [1.82, 2.24) is 9.80 Å². The molecule has 0 aliphatic carbocycles. The van der Waals surface area contributed by atoms with Crippen LogP contribution >= 0.6 is 0 Å². The highest BCUT2D eigenvalue weighted by Gasteiger charge is 2.24. The lowest BCUT2D eigenvalue weighted by Crippen LogP contribution is -2.35. The molecule has 14 heteroatoms. The molecule has 0 radical (unpaired) electrons. The van der Waals surface area contributed by atoms with Gasteiger partial charge in [0.05, 0.1) is 14.2 Å². The molecule has 0 bridgehead atoms. The molecule has 0 spiro atoms. The SMILES string of the molecule is COc1ccc(CCc2ccccc2OC[C@H](CN(C)C)OC(=O)c2ccccc2OC(C)=O)cc1.COc1ccc(CCc2ccccc2OC[C@H](CN(C)C)OC(=O)c2ccccc2OC(C)=O)cc1. The van der Waals surface area contributed by atoms with Crippen LogP contribution in [0.5, 0.6) is 34.5 Å². The maximum atomic E-state index is 12.9. The molecule has 14 nitrogen and oxygen atoms in total.